The van der Waals surface area contributed by atoms with Gasteiger partial charge in [0.05, 0.1) is 6.61 Å². The predicted octanol–water partition coefficient (Wildman–Crippen LogP) is 2.53. The first-order valence-corrected chi connectivity index (χ1v) is 6.89. The minimum atomic E-state index is -0.755. The number of ether oxygens (including phenoxy) is 1. The maximum absolute atomic E-state index is 12.7. The van der Waals surface area contributed by atoms with E-state index >= 15 is 0 Å². The Bertz CT molecular complexity index is 463. The Hall–Kier alpha value is -1.62. The van der Waals surface area contributed by atoms with Crippen molar-refractivity contribution in [2.24, 2.45) is 0 Å². The van der Waals surface area contributed by atoms with Crippen LogP contribution in [0.1, 0.15) is 26.2 Å². The van der Waals surface area contributed by atoms with Crippen LogP contribution >= 0.6 is 0 Å². The normalized spacial score (nSPS) is 22.9. The van der Waals surface area contributed by atoms with Crippen molar-refractivity contribution in [2.45, 2.75) is 31.7 Å². The van der Waals surface area contributed by atoms with E-state index < -0.39 is 11.5 Å². The van der Waals surface area contributed by atoms with E-state index in [1.165, 1.54) is 12.1 Å². The standard InChI is InChI=1S/C15H20FNO3/c1-15(14(18)19)8-2-9-17(15)10-3-11-20-13-6-4-12(16)5-7-13/h4-7H,2-3,8-11H2,1H3,(H,18,19). The summed E-state index contributed by atoms with van der Waals surface area (Å²) in [4.78, 5) is 13.3. The molecule has 1 fully saturated rings. The first kappa shape index (κ1) is 14.8. The van der Waals surface area contributed by atoms with E-state index in [0.29, 0.717) is 25.3 Å². The lowest BCUT2D eigenvalue weighted by Crippen LogP contribution is -2.48. The van der Waals surface area contributed by atoms with Gasteiger partial charge in [0.25, 0.3) is 0 Å². The number of halogens is 1. The molecule has 1 aromatic carbocycles. The van der Waals surface area contributed by atoms with Gasteiger partial charge < -0.3 is 9.84 Å². The van der Waals surface area contributed by atoms with Crippen LogP contribution in [0.25, 0.3) is 0 Å². The van der Waals surface area contributed by atoms with Crippen LogP contribution in [0.5, 0.6) is 5.75 Å². The van der Waals surface area contributed by atoms with Crippen molar-refractivity contribution >= 4 is 5.97 Å². The van der Waals surface area contributed by atoms with Crippen molar-refractivity contribution in [2.75, 3.05) is 19.7 Å². The Labute approximate surface area is 118 Å². The monoisotopic (exact) mass is 281 g/mol. The van der Waals surface area contributed by atoms with Crippen LogP contribution in [0.15, 0.2) is 24.3 Å². The molecular formula is C15H20FNO3. The number of likely N-dealkylation sites (tertiary alicyclic amines) is 1. The third-order valence-corrected chi connectivity index (χ3v) is 3.91. The van der Waals surface area contributed by atoms with E-state index in [2.05, 4.69) is 0 Å². The van der Waals surface area contributed by atoms with Crippen LogP contribution in [0.3, 0.4) is 0 Å². The van der Waals surface area contributed by atoms with E-state index in [0.717, 1.165) is 19.4 Å². The minimum Gasteiger partial charge on any atom is -0.494 e. The molecule has 5 heteroatoms. The lowest BCUT2D eigenvalue weighted by Gasteiger charge is -2.31. The number of nitrogens with zero attached hydrogens (tertiary/aromatic N) is 1. The molecule has 1 N–H and O–H groups in total. The minimum absolute atomic E-state index is 0.286. The molecule has 2 rings (SSSR count). The van der Waals surface area contributed by atoms with Gasteiger partial charge in [-0.15, -0.1) is 0 Å². The second-order valence-corrected chi connectivity index (χ2v) is 5.33. The highest BCUT2D eigenvalue weighted by atomic mass is 19.1. The van der Waals surface area contributed by atoms with Crippen molar-refractivity contribution in [1.29, 1.82) is 0 Å². The summed E-state index contributed by atoms with van der Waals surface area (Å²) in [5, 5.41) is 9.30. The zero-order valence-corrected chi connectivity index (χ0v) is 11.6. The van der Waals surface area contributed by atoms with E-state index in [4.69, 9.17) is 4.74 Å². The Morgan fingerprint density at radius 2 is 2.15 bits per heavy atom. The average Bonchev–Trinajstić information content (AvgIpc) is 2.80. The van der Waals surface area contributed by atoms with Gasteiger partial charge in [-0.3, -0.25) is 9.69 Å². The van der Waals surface area contributed by atoms with Gasteiger partial charge in [0.15, 0.2) is 0 Å². The molecule has 1 heterocycles. The number of hydrogen-bond donors (Lipinski definition) is 1. The van der Waals surface area contributed by atoms with Crippen molar-refractivity contribution < 1.29 is 19.0 Å². The summed E-state index contributed by atoms with van der Waals surface area (Å²) in [5.74, 6) is -0.407. The number of carboxylic acids is 1. The maximum atomic E-state index is 12.7. The summed E-state index contributed by atoms with van der Waals surface area (Å²) >= 11 is 0. The molecule has 0 amide bonds. The van der Waals surface area contributed by atoms with Crippen LogP contribution in [0.4, 0.5) is 4.39 Å². The number of benzene rings is 1. The third kappa shape index (κ3) is 3.28. The molecule has 0 aliphatic carbocycles. The quantitative estimate of drug-likeness (QED) is 0.814. The highest BCUT2D eigenvalue weighted by Crippen LogP contribution is 2.29. The van der Waals surface area contributed by atoms with Crippen molar-refractivity contribution in [3.05, 3.63) is 30.1 Å². The predicted molar refractivity (Wildman–Crippen MR) is 73.4 cm³/mol. The molecule has 1 aromatic rings. The van der Waals surface area contributed by atoms with Gasteiger partial charge in [-0.25, -0.2) is 4.39 Å². The molecule has 0 aromatic heterocycles. The molecule has 0 saturated carbocycles. The molecule has 4 nitrogen and oxygen atoms in total. The number of rotatable bonds is 6. The zero-order valence-electron chi connectivity index (χ0n) is 11.6. The lowest BCUT2D eigenvalue weighted by atomic mass is 9.99. The summed E-state index contributed by atoms with van der Waals surface area (Å²) in [7, 11) is 0. The molecule has 1 saturated heterocycles. The molecule has 0 spiro atoms. The van der Waals surface area contributed by atoms with Crippen LogP contribution in [0, 0.1) is 5.82 Å². The fourth-order valence-corrected chi connectivity index (χ4v) is 2.60. The van der Waals surface area contributed by atoms with Gasteiger partial charge in [-0.2, -0.15) is 0 Å². The van der Waals surface area contributed by atoms with E-state index in [-0.39, 0.29) is 5.82 Å². The fraction of sp³-hybridized carbons (Fsp3) is 0.533. The SMILES string of the molecule is CC1(C(=O)O)CCCN1CCCOc1ccc(F)cc1. The van der Waals surface area contributed by atoms with Crippen molar-refractivity contribution in [1.82, 2.24) is 4.90 Å². The zero-order chi connectivity index (χ0) is 14.6. The van der Waals surface area contributed by atoms with Gasteiger partial charge in [0.2, 0.25) is 0 Å². The van der Waals surface area contributed by atoms with E-state index in [1.54, 1.807) is 19.1 Å². The van der Waals surface area contributed by atoms with Gasteiger partial charge >= 0.3 is 5.97 Å². The summed E-state index contributed by atoms with van der Waals surface area (Å²) in [6.45, 7) is 3.80. The molecule has 20 heavy (non-hydrogen) atoms. The van der Waals surface area contributed by atoms with Crippen molar-refractivity contribution in [3.63, 3.8) is 0 Å². The van der Waals surface area contributed by atoms with Gasteiger partial charge in [-0.05, 0) is 57.0 Å². The van der Waals surface area contributed by atoms with E-state index in [9.17, 15) is 14.3 Å². The largest absolute Gasteiger partial charge is 0.494 e. The number of carboxylic acid groups (broad SMARTS) is 1. The molecule has 110 valence electrons. The highest BCUT2D eigenvalue weighted by Gasteiger charge is 2.42. The van der Waals surface area contributed by atoms with Crippen LogP contribution in [-0.2, 0) is 4.79 Å². The van der Waals surface area contributed by atoms with Crippen LogP contribution in [-0.4, -0.2) is 41.2 Å². The average molecular weight is 281 g/mol. The molecule has 1 unspecified atom stereocenters. The first-order valence-electron chi connectivity index (χ1n) is 6.89. The fourth-order valence-electron chi connectivity index (χ4n) is 2.60. The second-order valence-electron chi connectivity index (χ2n) is 5.33. The lowest BCUT2D eigenvalue weighted by molar-refractivity contribution is -0.148. The summed E-state index contributed by atoms with van der Waals surface area (Å²) in [5.41, 5.74) is -0.740. The molecular weight excluding hydrogens is 261 g/mol. The first-order chi connectivity index (χ1) is 9.52. The van der Waals surface area contributed by atoms with Gasteiger partial charge in [0, 0.05) is 6.54 Å². The number of hydrogen-bond acceptors (Lipinski definition) is 3. The van der Waals surface area contributed by atoms with Crippen LogP contribution < -0.4 is 4.74 Å². The summed E-state index contributed by atoms with van der Waals surface area (Å²) in [6.07, 6.45) is 2.36. The highest BCUT2D eigenvalue weighted by molar-refractivity contribution is 5.78. The topological polar surface area (TPSA) is 49.8 Å². The number of aliphatic carboxylic acids is 1. The second kappa shape index (κ2) is 6.22. The summed E-state index contributed by atoms with van der Waals surface area (Å²) in [6, 6.07) is 5.90. The molecule has 1 aliphatic rings. The Morgan fingerprint density at radius 3 is 2.80 bits per heavy atom. The maximum Gasteiger partial charge on any atom is 0.323 e. The Morgan fingerprint density at radius 1 is 1.45 bits per heavy atom. The van der Waals surface area contributed by atoms with E-state index in [1.807, 2.05) is 4.90 Å². The van der Waals surface area contributed by atoms with Gasteiger partial charge in [-0.1, -0.05) is 0 Å². The Kier molecular flexibility index (Phi) is 4.60. The molecule has 1 atom stereocenters. The Balaban J connectivity index is 1.76. The smallest absolute Gasteiger partial charge is 0.323 e. The molecule has 1 aliphatic heterocycles. The summed E-state index contributed by atoms with van der Waals surface area (Å²) < 4.78 is 18.2. The third-order valence-electron chi connectivity index (χ3n) is 3.91. The van der Waals surface area contributed by atoms with Crippen molar-refractivity contribution in [3.8, 4) is 5.75 Å². The molecule has 0 bridgehead atoms. The van der Waals surface area contributed by atoms with Gasteiger partial charge in [0.1, 0.15) is 17.1 Å². The number of carbonyl (C=O) groups is 1. The van der Waals surface area contributed by atoms with Crippen LogP contribution in [0.2, 0.25) is 0 Å². The molecule has 0 radical (unpaired) electrons.